The van der Waals surface area contributed by atoms with Crippen LogP contribution in [0.3, 0.4) is 0 Å². The molecule has 0 aromatic carbocycles. The molecule has 1 aliphatic heterocycles. The number of carbonyl (C=O) groups excluding carboxylic acids is 1. The Kier molecular flexibility index (Phi) is 2.00. The van der Waals surface area contributed by atoms with Gasteiger partial charge in [0.25, 0.3) is 0 Å². The monoisotopic (exact) mass is 194 g/mol. The summed E-state index contributed by atoms with van der Waals surface area (Å²) in [5.41, 5.74) is -0.00243. The topological polar surface area (TPSA) is 39.4 Å². The first-order valence-electron chi connectivity index (χ1n) is 4.77. The number of ether oxygens (including phenoxy) is 1. The van der Waals surface area contributed by atoms with Crippen LogP contribution in [0.2, 0.25) is 0 Å². The van der Waals surface area contributed by atoms with E-state index in [9.17, 15) is 4.79 Å². The van der Waals surface area contributed by atoms with Gasteiger partial charge in [-0.25, -0.2) is 0 Å². The van der Waals surface area contributed by atoms with Crippen LogP contribution in [-0.2, 0) is 15.1 Å². The fourth-order valence-electron chi connectivity index (χ4n) is 1.96. The molecule has 0 N–H and O–H groups in total. The molecule has 1 aliphatic rings. The van der Waals surface area contributed by atoms with Crippen molar-refractivity contribution >= 4 is 6.29 Å². The lowest BCUT2D eigenvalue weighted by Crippen LogP contribution is -2.30. The van der Waals surface area contributed by atoms with Gasteiger partial charge in [-0.3, -0.25) is 0 Å². The highest BCUT2D eigenvalue weighted by Gasteiger charge is 2.45. The van der Waals surface area contributed by atoms with E-state index in [2.05, 4.69) is 0 Å². The minimum atomic E-state index is -0.633. The Bertz CT molecular complexity index is 330. The summed E-state index contributed by atoms with van der Waals surface area (Å²) in [5, 5.41) is 0. The lowest BCUT2D eigenvalue weighted by molar-refractivity contribution is -0.137. The van der Waals surface area contributed by atoms with Gasteiger partial charge in [-0.15, -0.1) is 0 Å². The molecule has 0 bridgehead atoms. The summed E-state index contributed by atoms with van der Waals surface area (Å²) in [6.45, 7) is 3.82. The maximum atomic E-state index is 10.8. The van der Waals surface area contributed by atoms with E-state index in [-0.39, 0.29) is 5.60 Å². The summed E-state index contributed by atoms with van der Waals surface area (Å²) in [5.74, 6) is 0. The molecule has 14 heavy (non-hydrogen) atoms. The van der Waals surface area contributed by atoms with Crippen LogP contribution in [-0.4, -0.2) is 11.9 Å². The van der Waals surface area contributed by atoms with Crippen LogP contribution in [0.1, 0.15) is 32.3 Å². The molecule has 2 heterocycles. The molecule has 1 saturated heterocycles. The van der Waals surface area contributed by atoms with Crippen molar-refractivity contribution in [1.29, 1.82) is 0 Å². The number of rotatable bonds is 2. The Labute approximate surface area is 83.0 Å². The number of carbonyl (C=O) groups is 1. The van der Waals surface area contributed by atoms with Gasteiger partial charge in [-0.2, -0.15) is 0 Å². The predicted molar refractivity (Wildman–Crippen MR) is 50.8 cm³/mol. The van der Waals surface area contributed by atoms with E-state index in [0.717, 1.165) is 24.7 Å². The molecule has 1 aromatic heterocycles. The molecule has 0 amide bonds. The SMILES string of the molecule is CC1(C=O)CCC(C)(c2ccoc2)O1. The normalized spacial score (nSPS) is 37.3. The first-order valence-corrected chi connectivity index (χ1v) is 4.77. The number of aldehydes is 1. The Morgan fingerprint density at radius 3 is 2.71 bits per heavy atom. The van der Waals surface area contributed by atoms with Gasteiger partial charge < -0.3 is 13.9 Å². The van der Waals surface area contributed by atoms with E-state index < -0.39 is 5.60 Å². The van der Waals surface area contributed by atoms with Gasteiger partial charge in [-0.05, 0) is 32.8 Å². The van der Waals surface area contributed by atoms with Crippen molar-refractivity contribution in [1.82, 2.24) is 0 Å². The Balaban J connectivity index is 2.25. The van der Waals surface area contributed by atoms with Crippen molar-refractivity contribution in [2.24, 2.45) is 0 Å². The average molecular weight is 194 g/mol. The third-order valence-corrected chi connectivity index (χ3v) is 2.94. The molecule has 3 nitrogen and oxygen atoms in total. The van der Waals surface area contributed by atoms with E-state index in [1.165, 1.54) is 0 Å². The van der Waals surface area contributed by atoms with Gasteiger partial charge >= 0.3 is 0 Å². The minimum absolute atomic E-state index is 0.372. The minimum Gasteiger partial charge on any atom is -0.472 e. The van der Waals surface area contributed by atoms with Crippen LogP contribution in [0.15, 0.2) is 23.0 Å². The second kappa shape index (κ2) is 2.95. The van der Waals surface area contributed by atoms with Crippen molar-refractivity contribution in [3.05, 3.63) is 24.2 Å². The van der Waals surface area contributed by atoms with E-state index in [1.54, 1.807) is 12.5 Å². The third kappa shape index (κ3) is 1.38. The molecule has 2 unspecified atom stereocenters. The average Bonchev–Trinajstić information content (AvgIpc) is 2.75. The van der Waals surface area contributed by atoms with Crippen LogP contribution in [0, 0.1) is 0 Å². The van der Waals surface area contributed by atoms with Crippen LogP contribution >= 0.6 is 0 Å². The van der Waals surface area contributed by atoms with Crippen LogP contribution in [0.25, 0.3) is 0 Å². The number of hydrogen-bond donors (Lipinski definition) is 0. The van der Waals surface area contributed by atoms with Gasteiger partial charge in [0.1, 0.15) is 5.60 Å². The molecule has 0 saturated carbocycles. The van der Waals surface area contributed by atoms with Gasteiger partial charge in [0, 0.05) is 5.56 Å². The van der Waals surface area contributed by atoms with E-state index in [0.29, 0.717) is 0 Å². The molecule has 76 valence electrons. The van der Waals surface area contributed by atoms with Crippen LogP contribution in [0.5, 0.6) is 0 Å². The summed E-state index contributed by atoms with van der Waals surface area (Å²) in [6.07, 6.45) is 5.80. The summed E-state index contributed by atoms with van der Waals surface area (Å²) in [6, 6.07) is 1.89. The summed E-state index contributed by atoms with van der Waals surface area (Å²) >= 11 is 0. The predicted octanol–water partition coefficient (Wildman–Crippen LogP) is 2.26. The first-order chi connectivity index (χ1) is 6.58. The van der Waals surface area contributed by atoms with Gasteiger partial charge in [0.05, 0.1) is 18.1 Å². The Morgan fingerprint density at radius 1 is 1.43 bits per heavy atom. The van der Waals surface area contributed by atoms with Gasteiger partial charge in [0.15, 0.2) is 6.29 Å². The van der Waals surface area contributed by atoms with Crippen LogP contribution < -0.4 is 0 Å². The third-order valence-electron chi connectivity index (χ3n) is 2.94. The van der Waals surface area contributed by atoms with Gasteiger partial charge in [-0.1, -0.05) is 0 Å². The largest absolute Gasteiger partial charge is 0.472 e. The highest BCUT2D eigenvalue weighted by atomic mass is 16.5. The second-order valence-electron chi connectivity index (χ2n) is 4.28. The highest BCUT2D eigenvalue weighted by molar-refractivity contribution is 5.62. The second-order valence-corrected chi connectivity index (χ2v) is 4.28. The maximum absolute atomic E-state index is 10.8. The van der Waals surface area contributed by atoms with E-state index >= 15 is 0 Å². The van der Waals surface area contributed by atoms with Crippen molar-refractivity contribution in [3.63, 3.8) is 0 Å². The molecular formula is C11H14O3. The van der Waals surface area contributed by atoms with E-state index in [1.807, 2.05) is 19.9 Å². The standard InChI is InChI=1S/C11H14O3/c1-10(8-12)4-5-11(2,14-10)9-3-6-13-7-9/h3,6-8H,4-5H2,1-2H3. The first kappa shape index (κ1) is 9.46. The zero-order valence-electron chi connectivity index (χ0n) is 8.45. The lowest BCUT2D eigenvalue weighted by Gasteiger charge is -2.25. The van der Waals surface area contributed by atoms with Crippen molar-refractivity contribution in [3.8, 4) is 0 Å². The fraction of sp³-hybridized carbons (Fsp3) is 0.545. The Morgan fingerprint density at radius 2 is 2.21 bits per heavy atom. The molecule has 1 aromatic rings. The molecule has 3 heteroatoms. The lowest BCUT2D eigenvalue weighted by atomic mass is 9.94. The highest BCUT2D eigenvalue weighted by Crippen LogP contribution is 2.43. The van der Waals surface area contributed by atoms with Crippen molar-refractivity contribution < 1.29 is 13.9 Å². The maximum Gasteiger partial charge on any atom is 0.151 e. The van der Waals surface area contributed by atoms with E-state index in [4.69, 9.17) is 9.15 Å². The summed E-state index contributed by atoms with van der Waals surface area (Å²) < 4.78 is 10.8. The number of furan rings is 1. The molecule has 2 atom stereocenters. The fourth-order valence-corrected chi connectivity index (χ4v) is 1.96. The summed E-state index contributed by atoms with van der Waals surface area (Å²) in [4.78, 5) is 10.8. The van der Waals surface area contributed by atoms with Crippen LogP contribution in [0.4, 0.5) is 0 Å². The Hall–Kier alpha value is -1.09. The molecule has 1 fully saturated rings. The number of hydrogen-bond acceptors (Lipinski definition) is 3. The molecule has 2 rings (SSSR count). The van der Waals surface area contributed by atoms with Gasteiger partial charge in [0.2, 0.25) is 0 Å². The molecule has 0 spiro atoms. The zero-order chi connectivity index (χ0) is 10.2. The quantitative estimate of drug-likeness (QED) is 0.678. The van der Waals surface area contributed by atoms with Crippen molar-refractivity contribution in [2.45, 2.75) is 37.9 Å². The smallest absolute Gasteiger partial charge is 0.151 e. The molecule has 0 aliphatic carbocycles. The molecular weight excluding hydrogens is 180 g/mol. The summed E-state index contributed by atoms with van der Waals surface area (Å²) in [7, 11) is 0. The molecule has 0 radical (unpaired) electrons. The zero-order valence-corrected chi connectivity index (χ0v) is 8.45. The van der Waals surface area contributed by atoms with Crippen molar-refractivity contribution in [2.75, 3.05) is 0 Å².